The van der Waals surface area contributed by atoms with Crippen LogP contribution in [0.15, 0.2) is 88.8 Å². The Hall–Kier alpha value is -3.16. The summed E-state index contributed by atoms with van der Waals surface area (Å²) in [5, 5.41) is 5.09. The van der Waals surface area contributed by atoms with E-state index in [0.717, 1.165) is 36.9 Å². The molecule has 33 heavy (non-hydrogen) atoms. The fourth-order valence-corrected chi connectivity index (χ4v) is 3.58. The molecule has 3 heterocycles. The predicted octanol–water partition coefficient (Wildman–Crippen LogP) is 6.00. The predicted molar refractivity (Wildman–Crippen MR) is 139 cm³/mol. The molecule has 1 aromatic carbocycles. The Labute approximate surface area is 203 Å². The molecule has 0 bridgehead atoms. The summed E-state index contributed by atoms with van der Waals surface area (Å²) < 4.78 is 3.12. The molecule has 0 aliphatic rings. The normalized spacial score (nSPS) is 10.9. The Morgan fingerprint density at radius 2 is 1.94 bits per heavy atom. The van der Waals surface area contributed by atoms with Gasteiger partial charge >= 0.3 is 0 Å². The third-order valence-electron chi connectivity index (χ3n) is 4.84. The lowest BCUT2D eigenvalue weighted by Crippen LogP contribution is -2.22. The van der Waals surface area contributed by atoms with E-state index in [1.165, 1.54) is 11.0 Å². The molecular formula is C25H26ClN5OS. The van der Waals surface area contributed by atoms with Gasteiger partial charge in [-0.05, 0) is 36.1 Å². The summed E-state index contributed by atoms with van der Waals surface area (Å²) in [4.78, 5) is 20.8. The fraction of sp³-hybridized carbons (Fsp3) is 0.200. The third-order valence-corrected chi connectivity index (χ3v) is 5.36. The number of hydrogen-bond acceptors (Lipinski definition) is 5. The van der Waals surface area contributed by atoms with Crippen LogP contribution in [0.5, 0.6) is 0 Å². The van der Waals surface area contributed by atoms with Gasteiger partial charge in [0.05, 0.1) is 5.56 Å². The first kappa shape index (κ1) is 24.5. The number of rotatable bonds is 7. The average molecular weight is 480 g/mol. The van der Waals surface area contributed by atoms with Crippen LogP contribution in [0.1, 0.15) is 43.7 Å². The van der Waals surface area contributed by atoms with Gasteiger partial charge in [-0.25, -0.2) is 9.97 Å². The minimum absolute atomic E-state index is 0.259. The second-order valence-corrected chi connectivity index (χ2v) is 8.07. The Morgan fingerprint density at radius 1 is 1.18 bits per heavy atom. The highest BCUT2D eigenvalue weighted by Crippen LogP contribution is 2.22. The van der Waals surface area contributed by atoms with Crippen molar-refractivity contribution in [1.29, 1.82) is 0 Å². The van der Waals surface area contributed by atoms with E-state index in [1.807, 2.05) is 59.1 Å². The molecule has 0 amide bonds. The maximum absolute atomic E-state index is 12.6. The zero-order valence-corrected chi connectivity index (χ0v) is 20.1. The van der Waals surface area contributed by atoms with Gasteiger partial charge in [0.1, 0.15) is 22.2 Å². The molecule has 0 atom stereocenters. The van der Waals surface area contributed by atoms with Gasteiger partial charge in [0.15, 0.2) is 0 Å². The molecular weight excluding hydrogens is 454 g/mol. The molecule has 8 heteroatoms. The van der Waals surface area contributed by atoms with E-state index in [-0.39, 0.29) is 5.56 Å². The second-order valence-electron chi connectivity index (χ2n) is 7.26. The molecule has 0 saturated carbocycles. The molecule has 0 N–H and O–H groups in total. The van der Waals surface area contributed by atoms with Crippen LogP contribution in [0.3, 0.4) is 0 Å². The summed E-state index contributed by atoms with van der Waals surface area (Å²) in [6.07, 6.45) is 11.1. The number of aromatic nitrogens is 4. The van der Waals surface area contributed by atoms with Crippen LogP contribution in [0.25, 0.3) is 11.2 Å². The zero-order chi connectivity index (χ0) is 23.6. The van der Waals surface area contributed by atoms with E-state index in [0.29, 0.717) is 21.3 Å². The molecule has 0 radical (unpaired) electrons. The monoisotopic (exact) mass is 479 g/mol. The van der Waals surface area contributed by atoms with Crippen molar-refractivity contribution in [3.05, 3.63) is 100 Å². The smallest absolute Gasteiger partial charge is 0.282 e. The first-order valence-corrected chi connectivity index (χ1v) is 11.5. The molecule has 0 saturated heterocycles. The summed E-state index contributed by atoms with van der Waals surface area (Å²) in [5.41, 5.74) is 2.47. The van der Waals surface area contributed by atoms with Crippen LogP contribution in [-0.4, -0.2) is 25.3 Å². The Morgan fingerprint density at radius 3 is 2.67 bits per heavy atom. The highest BCUT2D eigenvalue weighted by molar-refractivity contribution is 7.80. The van der Waals surface area contributed by atoms with E-state index in [1.54, 1.807) is 12.4 Å². The van der Waals surface area contributed by atoms with Crippen molar-refractivity contribution < 1.29 is 0 Å². The number of benzene rings is 1. The van der Waals surface area contributed by atoms with Crippen LogP contribution in [-0.2, 0) is 0 Å². The van der Waals surface area contributed by atoms with Gasteiger partial charge in [-0.1, -0.05) is 74.3 Å². The molecule has 4 rings (SSSR count). The Kier molecular flexibility index (Phi) is 9.04. The Bertz CT molecular complexity index is 1260. The maximum atomic E-state index is 12.6. The van der Waals surface area contributed by atoms with Crippen molar-refractivity contribution >= 4 is 41.7 Å². The van der Waals surface area contributed by atoms with Crippen molar-refractivity contribution in [2.45, 2.75) is 37.6 Å². The molecule has 6 nitrogen and oxygen atoms in total. The summed E-state index contributed by atoms with van der Waals surface area (Å²) in [6, 6.07) is 15.3. The van der Waals surface area contributed by atoms with Crippen LogP contribution in [0.2, 0.25) is 5.15 Å². The Balaban J connectivity index is 0.000000252. The minimum atomic E-state index is -0.259. The second kappa shape index (κ2) is 12.2. The summed E-state index contributed by atoms with van der Waals surface area (Å²) >= 11 is 9.96. The molecule has 4 aromatic rings. The molecule has 0 fully saturated rings. The van der Waals surface area contributed by atoms with Gasteiger partial charge < -0.3 is 4.40 Å². The number of halogens is 1. The number of thiol groups is 1. The van der Waals surface area contributed by atoms with Crippen molar-refractivity contribution in [3.8, 4) is 0 Å². The van der Waals surface area contributed by atoms with Gasteiger partial charge in [-0.3, -0.25) is 4.79 Å². The first-order valence-electron chi connectivity index (χ1n) is 10.7. The number of nitrogens with zero attached hydrogens (tertiary/aromatic N) is 5. The quantitative estimate of drug-likeness (QED) is 0.153. The number of fused-ring (bicyclic) bond motifs is 1. The van der Waals surface area contributed by atoms with Crippen molar-refractivity contribution in [1.82, 2.24) is 19.0 Å². The number of imidazole rings is 1. The van der Waals surface area contributed by atoms with Gasteiger partial charge in [0.25, 0.3) is 5.56 Å². The zero-order valence-electron chi connectivity index (χ0n) is 18.4. The van der Waals surface area contributed by atoms with Crippen molar-refractivity contribution in [2.75, 3.05) is 0 Å². The van der Waals surface area contributed by atoms with Crippen molar-refractivity contribution in [3.63, 3.8) is 0 Å². The van der Waals surface area contributed by atoms with E-state index in [9.17, 15) is 4.79 Å². The van der Waals surface area contributed by atoms with E-state index < -0.39 is 0 Å². The largest absolute Gasteiger partial charge is 0.306 e. The van der Waals surface area contributed by atoms with Crippen molar-refractivity contribution in [2.24, 2.45) is 5.10 Å². The van der Waals surface area contributed by atoms with Gasteiger partial charge in [0.2, 0.25) is 0 Å². The topological polar surface area (TPSA) is 64.5 Å². The van der Waals surface area contributed by atoms with Crippen LogP contribution >= 0.6 is 24.2 Å². The third kappa shape index (κ3) is 6.66. The molecule has 170 valence electrons. The summed E-state index contributed by atoms with van der Waals surface area (Å²) in [5.74, 6) is 0. The van der Waals surface area contributed by atoms with E-state index in [2.05, 4.69) is 41.2 Å². The minimum Gasteiger partial charge on any atom is -0.306 e. The molecule has 0 aliphatic heterocycles. The number of unbranched alkanes of at least 4 members (excludes halogenated alkanes) is 3. The van der Waals surface area contributed by atoms with E-state index in [4.69, 9.17) is 11.6 Å². The lowest BCUT2D eigenvalue weighted by molar-refractivity contribution is 0.732. The first-order chi connectivity index (χ1) is 16.0. The maximum Gasteiger partial charge on any atom is 0.282 e. The molecule has 0 aliphatic carbocycles. The lowest BCUT2D eigenvalue weighted by atomic mass is 10.0. The standard InChI is InChI=1S/C18H21N3OS.C7H5ClN2/c1-3-4-5-9-12-20-21-13-19-17(23)16(18(21)22)14(2)15-10-7-6-8-11-15;8-6-5-10-4-2-1-3-7(10)9-6/h6-8,10-13,23H,2-5,9H2,1H3;1-5H/b20-12+;. The van der Waals surface area contributed by atoms with Gasteiger partial charge in [0, 0.05) is 18.6 Å². The molecule has 0 spiro atoms. The van der Waals surface area contributed by atoms with Crippen LogP contribution in [0, 0.1) is 0 Å². The number of hydrogen-bond donors (Lipinski definition) is 1. The fourth-order valence-electron chi connectivity index (χ4n) is 3.10. The van der Waals surface area contributed by atoms with E-state index >= 15 is 0 Å². The molecule has 0 unspecified atom stereocenters. The summed E-state index contributed by atoms with van der Waals surface area (Å²) in [7, 11) is 0. The highest BCUT2D eigenvalue weighted by Gasteiger charge is 2.13. The molecule has 3 aromatic heterocycles. The van der Waals surface area contributed by atoms with Crippen LogP contribution in [0.4, 0.5) is 0 Å². The highest BCUT2D eigenvalue weighted by atomic mass is 35.5. The summed E-state index contributed by atoms with van der Waals surface area (Å²) in [6.45, 7) is 6.18. The average Bonchev–Trinajstić information content (AvgIpc) is 3.21. The van der Waals surface area contributed by atoms with Gasteiger partial charge in [-0.15, -0.1) is 12.6 Å². The number of pyridine rings is 1. The van der Waals surface area contributed by atoms with Crippen LogP contribution < -0.4 is 5.56 Å². The van der Waals surface area contributed by atoms with Gasteiger partial charge in [-0.2, -0.15) is 9.78 Å². The SMILES string of the molecule is C=C(c1ccccc1)c1c(S)ncn(/N=C/CCCCC)c1=O.Clc1cn2ccccc2n1. The lowest BCUT2D eigenvalue weighted by Gasteiger charge is -2.09.